The number of amides is 1. The number of nitrogens with one attached hydrogen (secondary N) is 1. The van der Waals surface area contributed by atoms with Crippen molar-refractivity contribution in [3.05, 3.63) is 64.7 Å². The van der Waals surface area contributed by atoms with E-state index >= 15 is 0 Å². The molecule has 2 aromatic rings. The van der Waals surface area contributed by atoms with Crippen LogP contribution in [0.15, 0.2) is 48.5 Å². The van der Waals surface area contributed by atoms with Gasteiger partial charge in [-0.25, -0.2) is 0 Å². The topological polar surface area (TPSA) is 49.3 Å². The minimum absolute atomic E-state index is 0.107. The van der Waals surface area contributed by atoms with Gasteiger partial charge in [-0.2, -0.15) is 0 Å². The molecule has 1 amide bonds. The van der Waals surface area contributed by atoms with Crippen LogP contribution in [0.25, 0.3) is 0 Å². The van der Waals surface area contributed by atoms with Gasteiger partial charge in [0.05, 0.1) is 0 Å². The Kier molecular flexibility index (Phi) is 4.69. The Hall–Kier alpha value is -1.84. The molecular formula is C19H20ClNO2. The largest absolute Gasteiger partial charge is 0.380 e. The molecule has 2 N–H and O–H groups in total. The average molecular weight is 330 g/mol. The first-order valence-corrected chi connectivity index (χ1v) is 8.32. The zero-order valence-electron chi connectivity index (χ0n) is 12.8. The van der Waals surface area contributed by atoms with Crippen LogP contribution in [0.2, 0.25) is 5.02 Å². The summed E-state index contributed by atoms with van der Waals surface area (Å²) in [6, 6.07) is 14.9. The summed E-state index contributed by atoms with van der Waals surface area (Å²) in [6.07, 6.45) is 4.76. The Morgan fingerprint density at radius 2 is 1.83 bits per heavy atom. The number of aliphatic hydroxyl groups is 1. The molecule has 120 valence electrons. The Labute approximate surface area is 141 Å². The van der Waals surface area contributed by atoms with Gasteiger partial charge in [-0.05, 0) is 42.5 Å². The normalized spacial score (nSPS) is 17.7. The lowest BCUT2D eigenvalue weighted by molar-refractivity contribution is -0.105. The number of hydrogen-bond donors (Lipinski definition) is 2. The maximum absolute atomic E-state index is 11.8. The van der Waals surface area contributed by atoms with Gasteiger partial charge in [0, 0.05) is 16.3 Å². The molecule has 0 saturated heterocycles. The highest BCUT2D eigenvalue weighted by molar-refractivity contribution is 6.30. The smallest absolute Gasteiger partial charge is 0.211 e. The van der Waals surface area contributed by atoms with E-state index in [0.29, 0.717) is 22.7 Å². The van der Waals surface area contributed by atoms with Gasteiger partial charge < -0.3 is 10.4 Å². The molecule has 1 unspecified atom stereocenters. The molecule has 0 radical (unpaired) electrons. The Bertz CT molecular complexity index is 683. The fraction of sp³-hybridized carbons (Fsp3) is 0.316. The third-order valence-corrected chi connectivity index (χ3v) is 5.00. The van der Waals surface area contributed by atoms with E-state index in [1.807, 2.05) is 30.3 Å². The molecule has 1 atom stereocenters. The fourth-order valence-corrected chi connectivity index (χ4v) is 3.84. The molecule has 1 aliphatic carbocycles. The average Bonchev–Trinajstić information content (AvgIpc) is 3.12. The van der Waals surface area contributed by atoms with E-state index in [1.54, 1.807) is 18.2 Å². The van der Waals surface area contributed by atoms with Crippen molar-refractivity contribution < 1.29 is 9.90 Å². The van der Waals surface area contributed by atoms with Gasteiger partial charge in [-0.1, -0.05) is 54.8 Å². The third-order valence-electron chi connectivity index (χ3n) is 4.77. The molecule has 1 aliphatic rings. The number of halogens is 1. The molecule has 0 heterocycles. The van der Waals surface area contributed by atoms with Crippen LogP contribution in [0.1, 0.15) is 36.8 Å². The van der Waals surface area contributed by atoms with Crippen molar-refractivity contribution in [1.82, 2.24) is 0 Å². The van der Waals surface area contributed by atoms with E-state index < -0.39 is 5.60 Å². The second-order valence-electron chi connectivity index (χ2n) is 6.07. The van der Waals surface area contributed by atoms with E-state index in [9.17, 15) is 9.90 Å². The van der Waals surface area contributed by atoms with Crippen LogP contribution in [0, 0.1) is 5.92 Å². The van der Waals surface area contributed by atoms with E-state index in [4.69, 9.17) is 11.6 Å². The lowest BCUT2D eigenvalue weighted by Crippen LogP contribution is -2.36. The zero-order valence-corrected chi connectivity index (χ0v) is 13.6. The van der Waals surface area contributed by atoms with Crippen molar-refractivity contribution in [2.75, 3.05) is 5.32 Å². The molecule has 1 saturated carbocycles. The van der Waals surface area contributed by atoms with E-state index in [1.165, 1.54) is 0 Å². The maximum Gasteiger partial charge on any atom is 0.211 e. The summed E-state index contributed by atoms with van der Waals surface area (Å²) in [5.41, 5.74) is 0.939. The lowest BCUT2D eigenvalue weighted by Gasteiger charge is -2.36. The van der Waals surface area contributed by atoms with Gasteiger partial charge in [0.25, 0.3) is 0 Å². The molecule has 23 heavy (non-hydrogen) atoms. The van der Waals surface area contributed by atoms with Crippen molar-refractivity contribution in [3.63, 3.8) is 0 Å². The van der Waals surface area contributed by atoms with Gasteiger partial charge >= 0.3 is 0 Å². The number of carbonyl (C=O) groups excluding carboxylic acids is 1. The summed E-state index contributed by atoms with van der Waals surface area (Å²) < 4.78 is 0. The minimum atomic E-state index is -1.16. The summed E-state index contributed by atoms with van der Waals surface area (Å²) in [5, 5.41) is 15.0. The summed E-state index contributed by atoms with van der Waals surface area (Å²) in [4.78, 5) is 11.0. The van der Waals surface area contributed by atoms with Crippen LogP contribution >= 0.6 is 11.6 Å². The first-order chi connectivity index (χ1) is 11.2. The fourth-order valence-electron chi connectivity index (χ4n) is 3.67. The van der Waals surface area contributed by atoms with Gasteiger partial charge in [0.2, 0.25) is 6.41 Å². The molecule has 2 aromatic carbocycles. The molecule has 4 heteroatoms. The zero-order chi connectivity index (χ0) is 16.3. The summed E-state index contributed by atoms with van der Waals surface area (Å²) >= 11 is 6.19. The third kappa shape index (κ3) is 2.99. The quantitative estimate of drug-likeness (QED) is 0.802. The summed E-state index contributed by atoms with van der Waals surface area (Å²) in [5.74, 6) is 0.107. The van der Waals surface area contributed by atoms with Crippen molar-refractivity contribution >= 4 is 23.7 Å². The van der Waals surface area contributed by atoms with E-state index in [0.717, 1.165) is 31.2 Å². The van der Waals surface area contributed by atoms with Gasteiger partial charge in [0.15, 0.2) is 0 Å². The standard InChI is InChI=1S/C19H20ClNO2/c20-16-10-11-18(21-13-22)17(12-16)19(23,15-8-4-5-9-15)14-6-2-1-3-7-14/h1-3,6-7,10-13,15,23H,4-5,8-9H2,(H,21,22). The van der Waals surface area contributed by atoms with Crippen molar-refractivity contribution in [1.29, 1.82) is 0 Å². The van der Waals surface area contributed by atoms with E-state index in [-0.39, 0.29) is 5.92 Å². The number of carbonyl (C=O) groups is 1. The second kappa shape index (κ2) is 6.73. The van der Waals surface area contributed by atoms with Crippen LogP contribution in [0.4, 0.5) is 5.69 Å². The van der Waals surface area contributed by atoms with Gasteiger partial charge in [-0.15, -0.1) is 0 Å². The molecule has 1 fully saturated rings. The predicted molar refractivity (Wildman–Crippen MR) is 92.5 cm³/mol. The van der Waals surface area contributed by atoms with Crippen LogP contribution in [-0.4, -0.2) is 11.5 Å². The minimum Gasteiger partial charge on any atom is -0.380 e. The highest BCUT2D eigenvalue weighted by atomic mass is 35.5. The number of anilines is 1. The Balaban J connectivity index is 2.20. The first-order valence-electron chi connectivity index (χ1n) is 7.94. The highest BCUT2D eigenvalue weighted by Gasteiger charge is 2.42. The summed E-state index contributed by atoms with van der Waals surface area (Å²) in [6.45, 7) is 0. The van der Waals surface area contributed by atoms with Crippen molar-refractivity contribution in [2.45, 2.75) is 31.3 Å². The first kappa shape index (κ1) is 16.0. The van der Waals surface area contributed by atoms with Crippen molar-refractivity contribution in [3.8, 4) is 0 Å². The molecule has 0 spiro atoms. The molecule has 0 aromatic heterocycles. The molecule has 3 nitrogen and oxygen atoms in total. The summed E-state index contributed by atoms with van der Waals surface area (Å²) in [7, 11) is 0. The molecule has 0 aliphatic heterocycles. The monoisotopic (exact) mass is 329 g/mol. The van der Waals surface area contributed by atoms with E-state index in [2.05, 4.69) is 5.32 Å². The number of rotatable bonds is 5. The highest BCUT2D eigenvalue weighted by Crippen LogP contribution is 2.47. The molecular weight excluding hydrogens is 310 g/mol. The Morgan fingerprint density at radius 1 is 1.13 bits per heavy atom. The molecule has 3 rings (SSSR count). The van der Waals surface area contributed by atoms with Crippen LogP contribution in [-0.2, 0) is 10.4 Å². The number of benzene rings is 2. The van der Waals surface area contributed by atoms with Crippen LogP contribution < -0.4 is 5.32 Å². The maximum atomic E-state index is 11.8. The molecule has 0 bridgehead atoms. The predicted octanol–water partition coefficient (Wildman–Crippen LogP) is 4.33. The SMILES string of the molecule is O=CNc1ccc(Cl)cc1C(O)(c1ccccc1)C1CCCC1. The number of hydrogen-bond acceptors (Lipinski definition) is 2. The van der Waals surface area contributed by atoms with Crippen LogP contribution in [0.3, 0.4) is 0 Å². The Morgan fingerprint density at radius 3 is 2.48 bits per heavy atom. The van der Waals surface area contributed by atoms with Gasteiger partial charge in [-0.3, -0.25) is 4.79 Å². The van der Waals surface area contributed by atoms with Gasteiger partial charge in [0.1, 0.15) is 5.60 Å². The van der Waals surface area contributed by atoms with Crippen molar-refractivity contribution in [2.24, 2.45) is 5.92 Å². The lowest BCUT2D eigenvalue weighted by atomic mass is 9.74. The second-order valence-corrected chi connectivity index (χ2v) is 6.50. The van der Waals surface area contributed by atoms with Crippen LogP contribution in [0.5, 0.6) is 0 Å².